The largest absolute Gasteiger partial charge is 0.497 e. The number of hydrogen-bond acceptors (Lipinski definition) is 5. The Morgan fingerprint density at radius 2 is 1.62 bits per heavy atom. The second-order valence-electron chi connectivity index (χ2n) is 10.7. The molecule has 0 bridgehead atoms. The Hall–Kier alpha value is -3.35. The van der Waals surface area contributed by atoms with E-state index in [2.05, 4.69) is 5.32 Å². The highest BCUT2D eigenvalue weighted by Gasteiger charge is 2.43. The van der Waals surface area contributed by atoms with Gasteiger partial charge in [-0.05, 0) is 63.3 Å². The second kappa shape index (κ2) is 12.3. The van der Waals surface area contributed by atoms with Crippen LogP contribution in [0.1, 0.15) is 64.5 Å². The van der Waals surface area contributed by atoms with Crippen molar-refractivity contribution in [1.29, 1.82) is 0 Å². The van der Waals surface area contributed by atoms with E-state index in [1.54, 1.807) is 32.8 Å². The van der Waals surface area contributed by atoms with Crippen LogP contribution in [0.2, 0.25) is 0 Å². The maximum Gasteiger partial charge on any atom is 0.408 e. The number of Topliss-reactive ketones (excluding diaryl/α,β-unsaturated/α-hetero) is 1. The van der Waals surface area contributed by atoms with Crippen LogP contribution in [-0.4, -0.2) is 54.5 Å². The lowest BCUT2D eigenvalue weighted by Crippen LogP contribution is -2.55. The number of nitrogens with zero attached hydrogens (tertiary/aromatic N) is 1. The molecule has 0 aromatic heterocycles. The molecule has 3 rings (SSSR count). The number of ether oxygens (including phenoxy) is 2. The van der Waals surface area contributed by atoms with Gasteiger partial charge in [-0.1, -0.05) is 49.4 Å². The third kappa shape index (κ3) is 7.34. The summed E-state index contributed by atoms with van der Waals surface area (Å²) >= 11 is 0. The Morgan fingerprint density at radius 3 is 2.16 bits per heavy atom. The number of amides is 2. The summed E-state index contributed by atoms with van der Waals surface area (Å²) in [7, 11) is 1.60. The molecule has 0 unspecified atom stereocenters. The first-order valence-electron chi connectivity index (χ1n) is 13.1. The number of benzene rings is 2. The van der Waals surface area contributed by atoms with E-state index in [9.17, 15) is 14.4 Å². The minimum Gasteiger partial charge on any atom is -0.497 e. The average Bonchev–Trinajstić information content (AvgIpc) is 2.88. The molecule has 7 heteroatoms. The van der Waals surface area contributed by atoms with Gasteiger partial charge in [-0.15, -0.1) is 0 Å². The van der Waals surface area contributed by atoms with Gasteiger partial charge in [0, 0.05) is 25.9 Å². The van der Waals surface area contributed by atoms with E-state index in [1.165, 1.54) is 0 Å². The summed E-state index contributed by atoms with van der Waals surface area (Å²) in [5.41, 5.74) is 0.641. The number of likely N-dealkylation sites (tertiary alicyclic amines) is 1. The van der Waals surface area contributed by atoms with Crippen LogP contribution in [0.15, 0.2) is 54.6 Å². The van der Waals surface area contributed by atoms with Crippen LogP contribution in [0.3, 0.4) is 0 Å². The zero-order valence-corrected chi connectivity index (χ0v) is 22.7. The number of alkyl carbamates (subject to hydrolysis) is 1. The van der Waals surface area contributed by atoms with Crippen molar-refractivity contribution in [2.75, 3.05) is 20.2 Å². The number of carbonyl (C=O) groups is 3. The van der Waals surface area contributed by atoms with Crippen molar-refractivity contribution in [3.63, 3.8) is 0 Å². The lowest BCUT2D eigenvalue weighted by molar-refractivity contribution is -0.138. The van der Waals surface area contributed by atoms with Gasteiger partial charge < -0.3 is 19.7 Å². The molecular formula is C30H40N2O5. The quantitative estimate of drug-likeness (QED) is 0.512. The fourth-order valence-electron chi connectivity index (χ4n) is 4.93. The Labute approximate surface area is 220 Å². The summed E-state index contributed by atoms with van der Waals surface area (Å²) < 4.78 is 10.7. The van der Waals surface area contributed by atoms with Gasteiger partial charge in [-0.2, -0.15) is 0 Å². The number of methoxy groups -OCH3 is 1. The Kier molecular flexibility index (Phi) is 9.35. The van der Waals surface area contributed by atoms with E-state index < -0.39 is 23.2 Å². The van der Waals surface area contributed by atoms with Crippen LogP contribution in [0.5, 0.6) is 5.75 Å². The van der Waals surface area contributed by atoms with Gasteiger partial charge in [-0.3, -0.25) is 9.59 Å². The second-order valence-corrected chi connectivity index (χ2v) is 10.7. The first-order valence-corrected chi connectivity index (χ1v) is 13.1. The molecule has 0 spiro atoms. The maximum atomic E-state index is 13.7. The van der Waals surface area contributed by atoms with E-state index in [0.717, 1.165) is 23.3 Å². The molecule has 0 radical (unpaired) electrons. The fraction of sp³-hybridized carbons (Fsp3) is 0.500. The van der Waals surface area contributed by atoms with Crippen molar-refractivity contribution in [2.24, 2.45) is 0 Å². The number of nitrogens with one attached hydrogen (secondary N) is 1. The van der Waals surface area contributed by atoms with Crippen molar-refractivity contribution in [3.05, 3.63) is 65.7 Å². The number of carbonyl (C=O) groups excluding carboxylic acids is 3. The van der Waals surface area contributed by atoms with Crippen molar-refractivity contribution < 1.29 is 23.9 Å². The maximum absolute atomic E-state index is 13.7. The lowest BCUT2D eigenvalue weighted by atomic mass is 9.68. The number of rotatable bonds is 9. The third-order valence-electron chi connectivity index (χ3n) is 6.85. The Balaban J connectivity index is 1.79. The molecule has 2 aromatic rings. The summed E-state index contributed by atoms with van der Waals surface area (Å²) in [5.74, 6) is 0.776. The molecule has 1 aliphatic heterocycles. The molecule has 1 saturated heterocycles. The highest BCUT2D eigenvalue weighted by molar-refractivity contribution is 5.91. The van der Waals surface area contributed by atoms with Crippen LogP contribution in [0.4, 0.5) is 4.79 Å². The summed E-state index contributed by atoms with van der Waals surface area (Å²) in [6.07, 6.45) is 2.11. The normalized spacial score (nSPS) is 16.0. The van der Waals surface area contributed by atoms with Gasteiger partial charge in [0.1, 0.15) is 23.2 Å². The molecule has 0 saturated carbocycles. The standard InChI is InChI=1S/C30H40N2O5/c1-6-10-26(33)30(23-11-8-7-9-12-23)17-19-32(20-18-30)27(34)25(31-28(35)37-29(2,3)4)21-22-13-15-24(36-5)16-14-22/h7-9,11-16,25H,6,10,17-21H2,1-5H3,(H,31,35)/t25-/m1/s1. The molecule has 1 heterocycles. The molecule has 1 N–H and O–H groups in total. The molecule has 0 aliphatic carbocycles. The van der Waals surface area contributed by atoms with Gasteiger partial charge in [-0.25, -0.2) is 4.79 Å². The van der Waals surface area contributed by atoms with Gasteiger partial charge in [0.15, 0.2) is 0 Å². The predicted octanol–water partition coefficient (Wildman–Crippen LogP) is 5.06. The summed E-state index contributed by atoms with van der Waals surface area (Å²) in [6.45, 7) is 8.26. The van der Waals surface area contributed by atoms with Crippen LogP contribution in [0, 0.1) is 0 Å². The topological polar surface area (TPSA) is 84.9 Å². The van der Waals surface area contributed by atoms with Gasteiger partial charge in [0.2, 0.25) is 5.91 Å². The molecular weight excluding hydrogens is 468 g/mol. The molecule has 1 fully saturated rings. The highest BCUT2D eigenvalue weighted by Crippen LogP contribution is 2.38. The molecule has 2 aromatic carbocycles. The third-order valence-corrected chi connectivity index (χ3v) is 6.85. The van der Waals surface area contributed by atoms with Crippen molar-refractivity contribution >= 4 is 17.8 Å². The van der Waals surface area contributed by atoms with Crippen LogP contribution in [0.25, 0.3) is 0 Å². The van der Waals surface area contributed by atoms with Gasteiger partial charge in [0.05, 0.1) is 12.5 Å². The molecule has 1 atom stereocenters. The number of ketones is 1. The summed E-state index contributed by atoms with van der Waals surface area (Å²) in [6, 6.07) is 16.5. The molecule has 2 amide bonds. The first kappa shape index (κ1) is 28.2. The van der Waals surface area contributed by atoms with E-state index in [-0.39, 0.29) is 11.7 Å². The molecule has 37 heavy (non-hydrogen) atoms. The highest BCUT2D eigenvalue weighted by atomic mass is 16.6. The van der Waals surface area contributed by atoms with Crippen molar-refractivity contribution in [1.82, 2.24) is 10.2 Å². The minimum atomic E-state index is -0.793. The summed E-state index contributed by atoms with van der Waals surface area (Å²) in [4.78, 5) is 41.4. The number of hydrogen-bond donors (Lipinski definition) is 1. The first-order chi connectivity index (χ1) is 17.6. The van der Waals surface area contributed by atoms with E-state index in [0.29, 0.717) is 38.8 Å². The van der Waals surface area contributed by atoms with E-state index in [1.807, 2.05) is 61.5 Å². The molecule has 7 nitrogen and oxygen atoms in total. The van der Waals surface area contributed by atoms with E-state index >= 15 is 0 Å². The Morgan fingerprint density at radius 1 is 1.00 bits per heavy atom. The minimum absolute atomic E-state index is 0.175. The summed E-state index contributed by atoms with van der Waals surface area (Å²) in [5, 5.41) is 2.79. The monoisotopic (exact) mass is 508 g/mol. The van der Waals surface area contributed by atoms with E-state index in [4.69, 9.17) is 9.47 Å². The predicted molar refractivity (Wildman–Crippen MR) is 144 cm³/mol. The average molecular weight is 509 g/mol. The lowest BCUT2D eigenvalue weighted by Gasteiger charge is -2.42. The van der Waals surface area contributed by atoms with Crippen LogP contribution in [-0.2, 0) is 26.2 Å². The molecule has 1 aliphatic rings. The smallest absolute Gasteiger partial charge is 0.408 e. The zero-order chi connectivity index (χ0) is 27.1. The molecule has 200 valence electrons. The van der Waals surface area contributed by atoms with Gasteiger partial charge in [0.25, 0.3) is 0 Å². The van der Waals surface area contributed by atoms with Crippen molar-refractivity contribution in [3.8, 4) is 5.75 Å². The van der Waals surface area contributed by atoms with Crippen LogP contribution >= 0.6 is 0 Å². The Bertz CT molecular complexity index is 1050. The SMILES string of the molecule is CCCC(=O)C1(c2ccccc2)CCN(C(=O)[C@@H](Cc2ccc(OC)cc2)NC(=O)OC(C)(C)C)CC1. The van der Waals surface area contributed by atoms with Crippen molar-refractivity contribution in [2.45, 2.75) is 76.9 Å². The fourth-order valence-corrected chi connectivity index (χ4v) is 4.93. The van der Waals surface area contributed by atoms with Gasteiger partial charge >= 0.3 is 6.09 Å². The van der Waals surface area contributed by atoms with Crippen LogP contribution < -0.4 is 10.1 Å². The number of piperidine rings is 1. The zero-order valence-electron chi connectivity index (χ0n) is 22.7.